The molecular formula is C21H24ClN3O3. The van der Waals surface area contributed by atoms with Gasteiger partial charge in [0, 0.05) is 26.2 Å². The van der Waals surface area contributed by atoms with E-state index < -0.39 is 5.97 Å². The fourth-order valence-electron chi connectivity index (χ4n) is 3.23. The Kier molecular flexibility index (Phi) is 6.90. The molecule has 2 aromatic carbocycles. The highest BCUT2D eigenvalue weighted by atomic mass is 35.5. The smallest absolute Gasteiger partial charge is 0.340 e. The molecule has 0 atom stereocenters. The summed E-state index contributed by atoms with van der Waals surface area (Å²) >= 11 is 6.27. The van der Waals surface area contributed by atoms with Crippen molar-refractivity contribution in [1.29, 1.82) is 0 Å². The number of esters is 1. The van der Waals surface area contributed by atoms with Crippen molar-refractivity contribution in [3.8, 4) is 0 Å². The maximum Gasteiger partial charge on any atom is 0.340 e. The lowest BCUT2D eigenvalue weighted by Crippen LogP contribution is -2.48. The van der Waals surface area contributed by atoms with Gasteiger partial charge in [0.25, 0.3) is 0 Å². The fraction of sp³-hybridized carbons (Fsp3) is 0.333. The number of halogens is 1. The zero-order valence-corrected chi connectivity index (χ0v) is 16.6. The number of para-hydroxylation sites is 2. The van der Waals surface area contributed by atoms with Crippen molar-refractivity contribution in [3.05, 3.63) is 59.1 Å². The molecule has 0 unspecified atom stereocenters. The van der Waals surface area contributed by atoms with E-state index in [4.69, 9.17) is 16.3 Å². The minimum absolute atomic E-state index is 0.150. The molecule has 148 valence electrons. The molecule has 28 heavy (non-hydrogen) atoms. The van der Waals surface area contributed by atoms with Gasteiger partial charge in [0.2, 0.25) is 5.91 Å². The van der Waals surface area contributed by atoms with Crippen molar-refractivity contribution in [2.75, 3.05) is 49.5 Å². The molecule has 1 aliphatic heterocycles. The lowest BCUT2D eigenvalue weighted by Gasteiger charge is -2.36. The van der Waals surface area contributed by atoms with Crippen LogP contribution in [0.3, 0.4) is 0 Å². The van der Waals surface area contributed by atoms with Gasteiger partial charge in [-0.2, -0.15) is 0 Å². The summed E-state index contributed by atoms with van der Waals surface area (Å²) in [6.07, 6.45) is 0. The number of nitrogens with zero attached hydrogens (tertiary/aromatic N) is 2. The Morgan fingerprint density at radius 3 is 2.43 bits per heavy atom. The summed E-state index contributed by atoms with van der Waals surface area (Å²) < 4.78 is 5.05. The lowest BCUT2D eigenvalue weighted by atomic mass is 10.1. The number of anilines is 2. The number of nitrogens with one attached hydrogen (secondary N) is 1. The van der Waals surface area contributed by atoms with E-state index in [1.54, 1.807) is 31.2 Å². The molecule has 1 saturated heterocycles. The molecule has 1 amide bonds. The largest absolute Gasteiger partial charge is 0.462 e. The number of benzene rings is 2. The Morgan fingerprint density at radius 1 is 1.04 bits per heavy atom. The van der Waals surface area contributed by atoms with Gasteiger partial charge >= 0.3 is 5.97 Å². The van der Waals surface area contributed by atoms with Crippen molar-refractivity contribution in [2.45, 2.75) is 6.92 Å². The van der Waals surface area contributed by atoms with E-state index >= 15 is 0 Å². The van der Waals surface area contributed by atoms with E-state index in [1.807, 2.05) is 24.3 Å². The first-order valence-corrected chi connectivity index (χ1v) is 9.74. The zero-order valence-electron chi connectivity index (χ0n) is 15.9. The average molecular weight is 402 g/mol. The Morgan fingerprint density at radius 2 is 1.71 bits per heavy atom. The summed E-state index contributed by atoms with van der Waals surface area (Å²) in [6, 6.07) is 14.7. The first kappa shape index (κ1) is 20.2. The SMILES string of the molecule is CCOC(=O)c1ccccc1NC(=O)CN1CCN(c2ccccc2Cl)CC1. The topological polar surface area (TPSA) is 61.9 Å². The third kappa shape index (κ3) is 5.03. The third-order valence-corrected chi connectivity index (χ3v) is 4.95. The molecular weight excluding hydrogens is 378 g/mol. The minimum atomic E-state index is -0.438. The standard InChI is InChI=1S/C21H24ClN3O3/c1-2-28-21(27)16-7-3-5-9-18(16)23-20(26)15-24-11-13-25(14-12-24)19-10-6-4-8-17(19)22/h3-10H,2,11-15H2,1H3,(H,23,26). The van der Waals surface area contributed by atoms with Gasteiger partial charge in [-0.05, 0) is 31.2 Å². The molecule has 0 radical (unpaired) electrons. The van der Waals surface area contributed by atoms with Crippen molar-refractivity contribution in [2.24, 2.45) is 0 Å². The number of hydrogen-bond acceptors (Lipinski definition) is 5. The second-order valence-electron chi connectivity index (χ2n) is 6.53. The van der Waals surface area contributed by atoms with Gasteiger partial charge in [0.05, 0.1) is 35.1 Å². The molecule has 0 aliphatic carbocycles. The Hall–Kier alpha value is -2.57. The Labute approximate surface area is 170 Å². The fourth-order valence-corrected chi connectivity index (χ4v) is 3.48. The molecule has 0 saturated carbocycles. The van der Waals surface area contributed by atoms with Crippen molar-refractivity contribution in [1.82, 2.24) is 4.90 Å². The van der Waals surface area contributed by atoms with Crippen LogP contribution < -0.4 is 10.2 Å². The van der Waals surface area contributed by atoms with Gasteiger partial charge in [-0.1, -0.05) is 35.9 Å². The van der Waals surface area contributed by atoms with Crippen LogP contribution in [-0.4, -0.2) is 56.1 Å². The zero-order chi connectivity index (χ0) is 19.9. The average Bonchev–Trinajstić information content (AvgIpc) is 2.69. The Bertz CT molecular complexity index is 835. The molecule has 1 N–H and O–H groups in total. The van der Waals surface area contributed by atoms with Crippen LogP contribution in [0.5, 0.6) is 0 Å². The summed E-state index contributed by atoms with van der Waals surface area (Å²) in [6.45, 7) is 5.44. The van der Waals surface area contributed by atoms with Gasteiger partial charge in [-0.15, -0.1) is 0 Å². The number of rotatable bonds is 6. The summed E-state index contributed by atoms with van der Waals surface area (Å²) in [5.74, 6) is -0.588. The number of piperazine rings is 1. The molecule has 0 aromatic heterocycles. The van der Waals surface area contributed by atoms with E-state index in [9.17, 15) is 9.59 Å². The van der Waals surface area contributed by atoms with E-state index in [0.717, 1.165) is 36.9 Å². The maximum absolute atomic E-state index is 12.5. The number of carbonyl (C=O) groups excluding carboxylic acids is 2. The van der Waals surface area contributed by atoms with Gasteiger partial charge in [0.15, 0.2) is 0 Å². The van der Waals surface area contributed by atoms with Crippen molar-refractivity contribution in [3.63, 3.8) is 0 Å². The van der Waals surface area contributed by atoms with Crippen LogP contribution in [0.4, 0.5) is 11.4 Å². The van der Waals surface area contributed by atoms with Gasteiger partial charge in [0.1, 0.15) is 0 Å². The summed E-state index contributed by atoms with van der Waals surface area (Å²) in [7, 11) is 0. The predicted octanol–water partition coefficient (Wildman–Crippen LogP) is 3.28. The molecule has 0 bridgehead atoms. The summed E-state index contributed by atoms with van der Waals surface area (Å²) in [5, 5.41) is 3.57. The van der Waals surface area contributed by atoms with Crippen LogP contribution in [0, 0.1) is 0 Å². The van der Waals surface area contributed by atoms with Gasteiger partial charge in [-0.25, -0.2) is 4.79 Å². The molecule has 1 aliphatic rings. The highest BCUT2D eigenvalue weighted by molar-refractivity contribution is 6.33. The summed E-state index contributed by atoms with van der Waals surface area (Å²) in [5.41, 5.74) is 1.86. The first-order chi connectivity index (χ1) is 13.6. The minimum Gasteiger partial charge on any atom is -0.462 e. The molecule has 2 aromatic rings. The quantitative estimate of drug-likeness (QED) is 0.752. The van der Waals surface area contributed by atoms with Crippen LogP contribution in [0.15, 0.2) is 48.5 Å². The van der Waals surface area contributed by atoms with Crippen molar-refractivity contribution < 1.29 is 14.3 Å². The van der Waals surface area contributed by atoms with E-state index in [-0.39, 0.29) is 19.1 Å². The summed E-state index contributed by atoms with van der Waals surface area (Å²) in [4.78, 5) is 28.8. The van der Waals surface area contributed by atoms with Crippen LogP contribution >= 0.6 is 11.6 Å². The number of amides is 1. The predicted molar refractivity (Wildman–Crippen MR) is 111 cm³/mol. The van der Waals surface area contributed by atoms with E-state index in [0.29, 0.717) is 11.3 Å². The van der Waals surface area contributed by atoms with E-state index in [1.165, 1.54) is 0 Å². The third-order valence-electron chi connectivity index (χ3n) is 4.63. The molecule has 3 rings (SSSR count). The van der Waals surface area contributed by atoms with Crippen LogP contribution in [0.25, 0.3) is 0 Å². The second-order valence-corrected chi connectivity index (χ2v) is 6.94. The van der Waals surface area contributed by atoms with Crippen LogP contribution in [0.1, 0.15) is 17.3 Å². The highest BCUT2D eigenvalue weighted by Gasteiger charge is 2.21. The first-order valence-electron chi connectivity index (χ1n) is 9.36. The monoisotopic (exact) mass is 401 g/mol. The highest BCUT2D eigenvalue weighted by Crippen LogP contribution is 2.26. The lowest BCUT2D eigenvalue weighted by molar-refractivity contribution is -0.117. The normalized spacial score (nSPS) is 14.6. The van der Waals surface area contributed by atoms with Crippen LogP contribution in [-0.2, 0) is 9.53 Å². The van der Waals surface area contributed by atoms with Gasteiger partial charge < -0.3 is 15.0 Å². The second kappa shape index (κ2) is 9.57. The number of ether oxygens (including phenoxy) is 1. The van der Waals surface area contributed by atoms with Crippen molar-refractivity contribution >= 4 is 34.9 Å². The number of hydrogen-bond donors (Lipinski definition) is 1. The number of carbonyl (C=O) groups is 2. The molecule has 0 spiro atoms. The van der Waals surface area contributed by atoms with Crippen LogP contribution in [0.2, 0.25) is 5.02 Å². The molecule has 6 nitrogen and oxygen atoms in total. The molecule has 7 heteroatoms. The maximum atomic E-state index is 12.5. The van der Waals surface area contributed by atoms with E-state index in [2.05, 4.69) is 15.1 Å². The van der Waals surface area contributed by atoms with Gasteiger partial charge in [-0.3, -0.25) is 9.69 Å². The molecule has 1 fully saturated rings. The molecule has 1 heterocycles. The Balaban J connectivity index is 1.54.